The lowest BCUT2D eigenvalue weighted by molar-refractivity contribution is 0.00578. The minimum Gasteiger partial charge on any atom is -0.465 e. The lowest BCUT2D eigenvalue weighted by Crippen LogP contribution is -2.41. The van der Waals surface area contributed by atoms with Crippen LogP contribution in [0.2, 0.25) is 5.02 Å². The molecule has 1 aliphatic rings. The maximum atomic E-state index is 14.0. The van der Waals surface area contributed by atoms with Crippen LogP contribution in [-0.2, 0) is 14.0 Å². The van der Waals surface area contributed by atoms with Crippen molar-refractivity contribution < 1.29 is 23.2 Å². The Labute approximate surface area is 128 Å². The molecular formula is C14H17BClFO4. The van der Waals surface area contributed by atoms with Crippen molar-refractivity contribution in [1.29, 1.82) is 0 Å². The molecule has 1 aromatic carbocycles. The molecule has 0 spiro atoms. The topological polar surface area (TPSA) is 44.8 Å². The fraction of sp³-hybridized carbons (Fsp3) is 0.500. The van der Waals surface area contributed by atoms with Crippen LogP contribution in [0.15, 0.2) is 12.1 Å². The average molecular weight is 315 g/mol. The van der Waals surface area contributed by atoms with Crippen LogP contribution < -0.4 is 5.46 Å². The Bertz CT molecular complexity index is 573. The third kappa shape index (κ3) is 2.80. The maximum Gasteiger partial charge on any atom is 0.496 e. The van der Waals surface area contributed by atoms with Crippen molar-refractivity contribution in [2.75, 3.05) is 7.11 Å². The van der Waals surface area contributed by atoms with Crippen LogP contribution in [0.4, 0.5) is 4.39 Å². The summed E-state index contributed by atoms with van der Waals surface area (Å²) in [5.41, 5.74) is -0.986. The van der Waals surface area contributed by atoms with Crippen LogP contribution in [0, 0.1) is 5.82 Å². The summed E-state index contributed by atoms with van der Waals surface area (Å²) in [6.45, 7) is 7.56. The van der Waals surface area contributed by atoms with Crippen molar-refractivity contribution in [3.8, 4) is 0 Å². The first-order valence-corrected chi connectivity index (χ1v) is 6.90. The van der Waals surface area contributed by atoms with Gasteiger partial charge in [-0.05, 0) is 39.8 Å². The van der Waals surface area contributed by atoms with Gasteiger partial charge in [0, 0.05) is 10.5 Å². The predicted molar refractivity (Wildman–Crippen MR) is 78.5 cm³/mol. The molecule has 0 radical (unpaired) electrons. The second-order valence-corrected chi connectivity index (χ2v) is 6.34. The molecule has 1 aromatic rings. The van der Waals surface area contributed by atoms with E-state index < -0.39 is 30.1 Å². The van der Waals surface area contributed by atoms with E-state index >= 15 is 0 Å². The summed E-state index contributed by atoms with van der Waals surface area (Å²) < 4.78 is 30.2. The molecule has 4 nitrogen and oxygen atoms in total. The van der Waals surface area contributed by atoms with Gasteiger partial charge in [0.05, 0.1) is 23.9 Å². The van der Waals surface area contributed by atoms with Gasteiger partial charge in [-0.15, -0.1) is 0 Å². The normalized spacial score (nSPS) is 19.7. The molecular weight excluding hydrogens is 297 g/mol. The van der Waals surface area contributed by atoms with Gasteiger partial charge in [-0.2, -0.15) is 0 Å². The standard InChI is InChI=1S/C14H17BClFO4/c1-13(2)14(3,4)21-15(20-13)9-7-11(17)8(6-10(9)16)12(18)19-5/h6-7H,1-5H3. The van der Waals surface area contributed by atoms with Crippen LogP contribution in [0.5, 0.6) is 0 Å². The third-order valence-corrected chi connectivity index (χ3v) is 4.33. The van der Waals surface area contributed by atoms with E-state index in [9.17, 15) is 9.18 Å². The molecule has 0 amide bonds. The van der Waals surface area contributed by atoms with Gasteiger partial charge in [0.2, 0.25) is 0 Å². The molecule has 2 rings (SSSR count). The maximum absolute atomic E-state index is 14.0. The molecule has 1 heterocycles. The highest BCUT2D eigenvalue weighted by atomic mass is 35.5. The van der Waals surface area contributed by atoms with Gasteiger partial charge < -0.3 is 14.0 Å². The lowest BCUT2D eigenvalue weighted by Gasteiger charge is -2.32. The summed E-state index contributed by atoms with van der Waals surface area (Å²) in [7, 11) is 0.390. The number of benzene rings is 1. The summed E-state index contributed by atoms with van der Waals surface area (Å²) in [6, 6.07) is 2.37. The van der Waals surface area contributed by atoms with E-state index in [1.165, 1.54) is 13.2 Å². The predicted octanol–water partition coefficient (Wildman–Crippen LogP) is 2.56. The summed E-state index contributed by atoms with van der Waals surface area (Å²) >= 11 is 6.13. The second-order valence-electron chi connectivity index (χ2n) is 5.93. The highest BCUT2D eigenvalue weighted by molar-refractivity contribution is 6.65. The average Bonchev–Trinajstić information content (AvgIpc) is 2.59. The molecule has 0 bridgehead atoms. The van der Waals surface area contributed by atoms with Gasteiger partial charge in [-0.3, -0.25) is 0 Å². The number of ether oxygens (including phenoxy) is 1. The number of halogens is 2. The SMILES string of the molecule is COC(=O)c1cc(Cl)c(B2OC(C)(C)C(C)(C)O2)cc1F. The fourth-order valence-electron chi connectivity index (χ4n) is 1.98. The van der Waals surface area contributed by atoms with E-state index in [2.05, 4.69) is 4.74 Å². The van der Waals surface area contributed by atoms with E-state index in [1.54, 1.807) is 0 Å². The lowest BCUT2D eigenvalue weighted by atomic mass is 9.78. The van der Waals surface area contributed by atoms with Crippen LogP contribution in [-0.4, -0.2) is 31.4 Å². The molecule has 1 saturated heterocycles. The smallest absolute Gasteiger partial charge is 0.465 e. The van der Waals surface area contributed by atoms with Crippen LogP contribution in [0.1, 0.15) is 38.1 Å². The van der Waals surface area contributed by atoms with Gasteiger partial charge in [0.15, 0.2) is 0 Å². The Morgan fingerprint density at radius 1 is 1.24 bits per heavy atom. The van der Waals surface area contributed by atoms with E-state index in [0.29, 0.717) is 5.46 Å². The molecule has 1 aliphatic heterocycles. The summed E-state index contributed by atoms with van der Waals surface area (Å²) in [5.74, 6) is -1.51. The fourth-order valence-corrected chi connectivity index (χ4v) is 2.23. The molecule has 0 N–H and O–H groups in total. The zero-order chi connectivity index (χ0) is 16.0. The third-order valence-electron chi connectivity index (χ3n) is 4.00. The first-order chi connectivity index (χ1) is 9.59. The Morgan fingerprint density at radius 3 is 2.24 bits per heavy atom. The quantitative estimate of drug-likeness (QED) is 0.622. The molecule has 21 heavy (non-hydrogen) atoms. The Balaban J connectivity index is 2.39. The first kappa shape index (κ1) is 16.3. The van der Waals surface area contributed by atoms with Crippen molar-refractivity contribution >= 4 is 30.2 Å². The number of esters is 1. The van der Waals surface area contributed by atoms with Gasteiger partial charge in [0.1, 0.15) is 5.82 Å². The molecule has 0 aromatic heterocycles. The first-order valence-electron chi connectivity index (χ1n) is 6.52. The van der Waals surface area contributed by atoms with Crippen molar-refractivity contribution in [1.82, 2.24) is 0 Å². The Hall–Kier alpha value is -1.11. The second kappa shape index (κ2) is 5.27. The summed E-state index contributed by atoms with van der Waals surface area (Å²) in [5, 5.41) is 0.190. The van der Waals surface area contributed by atoms with Crippen molar-refractivity contribution in [2.45, 2.75) is 38.9 Å². The molecule has 114 valence electrons. The monoisotopic (exact) mass is 314 g/mol. The molecule has 1 fully saturated rings. The van der Waals surface area contributed by atoms with E-state index in [4.69, 9.17) is 20.9 Å². The van der Waals surface area contributed by atoms with Crippen LogP contribution in [0.3, 0.4) is 0 Å². The number of carbonyl (C=O) groups excluding carboxylic acids is 1. The Kier molecular flexibility index (Phi) is 4.08. The highest BCUT2D eigenvalue weighted by Crippen LogP contribution is 2.37. The van der Waals surface area contributed by atoms with Gasteiger partial charge >= 0.3 is 13.1 Å². The molecule has 0 atom stereocenters. The summed E-state index contributed by atoms with van der Waals surface area (Å²) in [6.07, 6.45) is 0. The minimum atomic E-state index is -0.788. The van der Waals surface area contributed by atoms with Gasteiger partial charge in [0.25, 0.3) is 0 Å². The van der Waals surface area contributed by atoms with Crippen LogP contribution >= 0.6 is 11.6 Å². The van der Waals surface area contributed by atoms with Crippen molar-refractivity contribution in [2.24, 2.45) is 0 Å². The molecule has 0 unspecified atom stereocenters. The van der Waals surface area contributed by atoms with E-state index in [-0.39, 0.29) is 10.6 Å². The minimum absolute atomic E-state index is 0.190. The van der Waals surface area contributed by atoms with Crippen molar-refractivity contribution in [3.05, 3.63) is 28.5 Å². The number of hydrogen-bond donors (Lipinski definition) is 0. The number of methoxy groups -OCH3 is 1. The van der Waals surface area contributed by atoms with Gasteiger partial charge in [-0.25, -0.2) is 9.18 Å². The molecule has 0 saturated carbocycles. The zero-order valence-electron chi connectivity index (χ0n) is 12.6. The number of rotatable bonds is 2. The number of carbonyl (C=O) groups is 1. The Morgan fingerprint density at radius 2 is 1.76 bits per heavy atom. The number of hydrogen-bond acceptors (Lipinski definition) is 4. The molecule has 7 heteroatoms. The summed E-state index contributed by atoms with van der Waals surface area (Å²) in [4.78, 5) is 11.4. The molecule has 0 aliphatic carbocycles. The van der Waals surface area contributed by atoms with E-state index in [0.717, 1.165) is 6.07 Å². The zero-order valence-corrected chi connectivity index (χ0v) is 13.4. The van der Waals surface area contributed by atoms with Crippen LogP contribution in [0.25, 0.3) is 0 Å². The van der Waals surface area contributed by atoms with Crippen molar-refractivity contribution in [3.63, 3.8) is 0 Å². The van der Waals surface area contributed by atoms with Gasteiger partial charge in [-0.1, -0.05) is 11.6 Å². The van der Waals surface area contributed by atoms with E-state index in [1.807, 2.05) is 27.7 Å². The largest absolute Gasteiger partial charge is 0.496 e. The highest BCUT2D eigenvalue weighted by Gasteiger charge is 2.52.